The van der Waals surface area contributed by atoms with Gasteiger partial charge < -0.3 is 15.7 Å². The SMILES string of the molecule is O=C(CNCCO)Nc1ccc(F)cc1Br. The fraction of sp³-hybridized carbons (Fsp3) is 0.300. The van der Waals surface area contributed by atoms with Gasteiger partial charge in [-0.2, -0.15) is 0 Å². The second-order valence-electron chi connectivity index (χ2n) is 3.07. The number of hydrogen-bond donors (Lipinski definition) is 3. The summed E-state index contributed by atoms with van der Waals surface area (Å²) in [5, 5.41) is 13.8. The van der Waals surface area contributed by atoms with Crippen LogP contribution in [0.25, 0.3) is 0 Å². The summed E-state index contributed by atoms with van der Waals surface area (Å²) < 4.78 is 13.2. The van der Waals surface area contributed by atoms with Gasteiger partial charge in [-0.15, -0.1) is 0 Å². The Morgan fingerprint density at radius 2 is 2.25 bits per heavy atom. The van der Waals surface area contributed by atoms with Crippen molar-refractivity contribution in [3.8, 4) is 0 Å². The number of carbonyl (C=O) groups is 1. The van der Waals surface area contributed by atoms with Crippen molar-refractivity contribution in [2.24, 2.45) is 0 Å². The van der Waals surface area contributed by atoms with Crippen LogP contribution in [0, 0.1) is 5.82 Å². The zero-order valence-corrected chi connectivity index (χ0v) is 10.1. The molecule has 0 atom stereocenters. The Bertz CT molecular complexity index is 374. The van der Waals surface area contributed by atoms with Crippen molar-refractivity contribution in [2.45, 2.75) is 0 Å². The molecule has 0 unspecified atom stereocenters. The van der Waals surface area contributed by atoms with Crippen molar-refractivity contribution in [3.05, 3.63) is 28.5 Å². The van der Waals surface area contributed by atoms with Gasteiger partial charge in [0.25, 0.3) is 0 Å². The minimum absolute atomic E-state index is 0.0203. The summed E-state index contributed by atoms with van der Waals surface area (Å²) >= 11 is 3.14. The molecule has 1 rings (SSSR count). The molecule has 0 aliphatic rings. The summed E-state index contributed by atoms with van der Waals surface area (Å²) in [5.74, 6) is -0.621. The van der Waals surface area contributed by atoms with Gasteiger partial charge in [0.15, 0.2) is 0 Å². The number of anilines is 1. The number of carbonyl (C=O) groups excluding carboxylic acids is 1. The molecule has 0 radical (unpaired) electrons. The Labute approximate surface area is 101 Å². The Balaban J connectivity index is 2.49. The minimum Gasteiger partial charge on any atom is -0.395 e. The van der Waals surface area contributed by atoms with Crippen molar-refractivity contribution in [1.29, 1.82) is 0 Å². The largest absolute Gasteiger partial charge is 0.395 e. The summed E-state index contributed by atoms with van der Waals surface area (Å²) in [6.07, 6.45) is 0. The molecule has 0 bridgehead atoms. The third-order valence-corrected chi connectivity index (χ3v) is 2.44. The second kappa shape index (κ2) is 6.57. The van der Waals surface area contributed by atoms with Gasteiger partial charge in [0.05, 0.1) is 18.8 Å². The lowest BCUT2D eigenvalue weighted by atomic mass is 10.3. The molecule has 1 amide bonds. The van der Waals surface area contributed by atoms with E-state index in [9.17, 15) is 9.18 Å². The quantitative estimate of drug-likeness (QED) is 0.712. The molecule has 0 saturated carbocycles. The molecule has 0 fully saturated rings. The molecule has 0 saturated heterocycles. The number of amides is 1. The summed E-state index contributed by atoms with van der Waals surface area (Å²) in [6.45, 7) is 0.440. The van der Waals surface area contributed by atoms with E-state index in [1.807, 2.05) is 0 Å². The van der Waals surface area contributed by atoms with Gasteiger partial charge in [-0.1, -0.05) is 0 Å². The van der Waals surface area contributed by atoms with E-state index in [-0.39, 0.29) is 24.9 Å². The van der Waals surface area contributed by atoms with Crippen molar-refractivity contribution in [1.82, 2.24) is 5.32 Å². The van der Waals surface area contributed by atoms with Crippen molar-refractivity contribution >= 4 is 27.5 Å². The molecule has 0 aliphatic carbocycles. The molecule has 3 N–H and O–H groups in total. The average Bonchev–Trinajstić information content (AvgIpc) is 2.23. The maximum atomic E-state index is 12.8. The van der Waals surface area contributed by atoms with E-state index in [1.54, 1.807) is 0 Å². The van der Waals surface area contributed by atoms with Crippen LogP contribution in [0.2, 0.25) is 0 Å². The Morgan fingerprint density at radius 1 is 1.50 bits per heavy atom. The van der Waals surface area contributed by atoms with E-state index in [0.717, 1.165) is 0 Å². The lowest BCUT2D eigenvalue weighted by Crippen LogP contribution is -2.30. The highest BCUT2D eigenvalue weighted by Crippen LogP contribution is 2.22. The van der Waals surface area contributed by atoms with Crippen molar-refractivity contribution < 1.29 is 14.3 Å². The number of nitrogens with one attached hydrogen (secondary N) is 2. The molecule has 88 valence electrons. The zero-order valence-electron chi connectivity index (χ0n) is 8.46. The third-order valence-electron chi connectivity index (χ3n) is 1.78. The predicted molar refractivity (Wildman–Crippen MR) is 62.7 cm³/mol. The van der Waals surface area contributed by atoms with Crippen LogP contribution in [0.3, 0.4) is 0 Å². The Morgan fingerprint density at radius 3 is 2.88 bits per heavy atom. The van der Waals surface area contributed by atoms with Gasteiger partial charge >= 0.3 is 0 Å². The molecular weight excluding hydrogens is 279 g/mol. The molecule has 1 aromatic rings. The molecule has 0 aliphatic heterocycles. The Kier molecular flexibility index (Phi) is 5.37. The number of rotatable bonds is 5. The summed E-state index contributed by atoms with van der Waals surface area (Å²) in [4.78, 5) is 11.4. The van der Waals surface area contributed by atoms with Gasteiger partial charge in [-0.25, -0.2) is 4.39 Å². The number of aliphatic hydroxyl groups excluding tert-OH is 1. The molecule has 0 spiro atoms. The molecule has 0 heterocycles. The normalized spacial score (nSPS) is 10.2. The summed E-state index contributed by atoms with van der Waals surface area (Å²) in [5.41, 5.74) is 0.511. The fourth-order valence-electron chi connectivity index (χ4n) is 1.07. The summed E-state index contributed by atoms with van der Waals surface area (Å²) in [6, 6.07) is 4.02. The van der Waals surface area contributed by atoms with Crippen LogP contribution >= 0.6 is 15.9 Å². The first-order valence-electron chi connectivity index (χ1n) is 4.70. The highest BCUT2D eigenvalue weighted by Gasteiger charge is 2.05. The molecule has 16 heavy (non-hydrogen) atoms. The van der Waals surface area contributed by atoms with E-state index < -0.39 is 0 Å². The molecule has 0 aromatic heterocycles. The Hall–Kier alpha value is -0.980. The smallest absolute Gasteiger partial charge is 0.238 e. The molecular formula is C10H12BrFN2O2. The van der Waals surface area contributed by atoms with Gasteiger partial charge in [0.1, 0.15) is 5.82 Å². The van der Waals surface area contributed by atoms with Crippen LogP contribution in [-0.2, 0) is 4.79 Å². The van der Waals surface area contributed by atoms with Crippen LogP contribution in [0.4, 0.5) is 10.1 Å². The first-order chi connectivity index (χ1) is 7.63. The van der Waals surface area contributed by atoms with E-state index in [4.69, 9.17) is 5.11 Å². The fourth-order valence-corrected chi connectivity index (χ4v) is 1.52. The topological polar surface area (TPSA) is 61.4 Å². The maximum Gasteiger partial charge on any atom is 0.238 e. The van der Waals surface area contributed by atoms with Gasteiger partial charge in [-0.05, 0) is 34.1 Å². The van der Waals surface area contributed by atoms with E-state index in [2.05, 4.69) is 26.6 Å². The van der Waals surface area contributed by atoms with Crippen LogP contribution < -0.4 is 10.6 Å². The van der Waals surface area contributed by atoms with Crippen molar-refractivity contribution in [3.63, 3.8) is 0 Å². The third kappa shape index (κ3) is 4.26. The average molecular weight is 291 g/mol. The van der Waals surface area contributed by atoms with E-state index >= 15 is 0 Å². The summed E-state index contributed by atoms with van der Waals surface area (Å²) in [7, 11) is 0. The highest BCUT2D eigenvalue weighted by atomic mass is 79.9. The van der Waals surface area contributed by atoms with Gasteiger partial charge in [-0.3, -0.25) is 4.79 Å². The van der Waals surface area contributed by atoms with Crippen LogP contribution in [0.1, 0.15) is 0 Å². The highest BCUT2D eigenvalue weighted by molar-refractivity contribution is 9.10. The standard InChI is InChI=1S/C10H12BrFN2O2/c11-8-5-7(12)1-2-9(8)14-10(16)6-13-3-4-15/h1-2,5,13,15H,3-4,6H2,(H,14,16). The van der Waals surface area contributed by atoms with Crippen LogP contribution in [0.5, 0.6) is 0 Å². The maximum absolute atomic E-state index is 12.8. The van der Waals surface area contributed by atoms with E-state index in [0.29, 0.717) is 16.7 Å². The van der Waals surface area contributed by atoms with Crippen LogP contribution in [0.15, 0.2) is 22.7 Å². The lowest BCUT2D eigenvalue weighted by Gasteiger charge is -2.07. The molecule has 6 heteroatoms. The lowest BCUT2D eigenvalue weighted by molar-refractivity contribution is -0.115. The first-order valence-corrected chi connectivity index (χ1v) is 5.49. The van der Waals surface area contributed by atoms with E-state index in [1.165, 1.54) is 18.2 Å². The molecule has 4 nitrogen and oxygen atoms in total. The number of aliphatic hydroxyl groups is 1. The molecule has 1 aromatic carbocycles. The first kappa shape index (κ1) is 13.1. The zero-order chi connectivity index (χ0) is 12.0. The van der Waals surface area contributed by atoms with Crippen LogP contribution in [-0.4, -0.2) is 30.7 Å². The second-order valence-corrected chi connectivity index (χ2v) is 3.93. The van der Waals surface area contributed by atoms with Gasteiger partial charge in [0.2, 0.25) is 5.91 Å². The minimum atomic E-state index is -0.372. The van der Waals surface area contributed by atoms with Crippen molar-refractivity contribution in [2.75, 3.05) is 25.0 Å². The van der Waals surface area contributed by atoms with Gasteiger partial charge in [0, 0.05) is 11.0 Å². The monoisotopic (exact) mass is 290 g/mol. The number of benzene rings is 1. The predicted octanol–water partition coefficient (Wildman–Crippen LogP) is 1.11. The number of halogens is 2. The number of hydrogen-bond acceptors (Lipinski definition) is 3.